The van der Waals surface area contributed by atoms with Crippen LogP contribution >= 0.6 is 0 Å². The highest BCUT2D eigenvalue weighted by Crippen LogP contribution is 2.33. The van der Waals surface area contributed by atoms with Crippen LogP contribution in [0, 0.1) is 0 Å². The van der Waals surface area contributed by atoms with E-state index >= 15 is 0 Å². The maximum atomic E-state index is 11.9. The van der Waals surface area contributed by atoms with Gasteiger partial charge in [0.25, 0.3) is 10.1 Å². The molecule has 0 aromatic rings. The van der Waals surface area contributed by atoms with Crippen molar-refractivity contribution in [3.63, 3.8) is 0 Å². The Labute approximate surface area is 98.1 Å². The van der Waals surface area contributed by atoms with Gasteiger partial charge in [-0.1, -0.05) is 0 Å². The summed E-state index contributed by atoms with van der Waals surface area (Å²) >= 11 is 0. The molecule has 0 bridgehead atoms. The summed E-state index contributed by atoms with van der Waals surface area (Å²) in [7, 11) is -4.46. The van der Waals surface area contributed by atoms with Crippen LogP contribution in [-0.4, -0.2) is 49.6 Å². The molecule has 1 N–H and O–H groups in total. The standard InChI is InChI=1S/C6H9F6NO4S/c7-5(8,9)13(6(10,11)12)2-1-3-17-4-18(14,15)16/h1-4H2,(H,14,15,16). The van der Waals surface area contributed by atoms with Crippen LogP contribution in [0.25, 0.3) is 0 Å². The van der Waals surface area contributed by atoms with E-state index in [-0.39, 0.29) is 0 Å². The molecule has 0 rings (SSSR count). The van der Waals surface area contributed by atoms with E-state index in [1.165, 1.54) is 0 Å². The molecule has 18 heavy (non-hydrogen) atoms. The van der Waals surface area contributed by atoms with Crippen molar-refractivity contribution in [2.75, 3.05) is 19.1 Å². The van der Waals surface area contributed by atoms with Crippen molar-refractivity contribution in [3.8, 4) is 0 Å². The first-order chi connectivity index (χ1) is 7.84. The van der Waals surface area contributed by atoms with Crippen LogP contribution in [0.5, 0.6) is 0 Å². The molecule has 0 aliphatic rings. The number of rotatable bonds is 6. The number of hydrogen-bond acceptors (Lipinski definition) is 4. The summed E-state index contributed by atoms with van der Waals surface area (Å²) in [5, 5.41) is 0. The molecule has 0 spiro atoms. The molecular formula is C6H9F6NO4S. The lowest BCUT2D eigenvalue weighted by molar-refractivity contribution is -0.373. The van der Waals surface area contributed by atoms with Crippen molar-refractivity contribution in [2.45, 2.75) is 19.0 Å². The van der Waals surface area contributed by atoms with E-state index in [9.17, 15) is 34.8 Å². The van der Waals surface area contributed by atoms with Gasteiger partial charge in [0, 0.05) is 13.2 Å². The number of nitrogens with zero attached hydrogens (tertiary/aromatic N) is 1. The highest BCUT2D eigenvalue weighted by Gasteiger charge is 2.53. The second kappa shape index (κ2) is 6.04. The van der Waals surface area contributed by atoms with Gasteiger partial charge in [-0.15, -0.1) is 4.90 Å². The van der Waals surface area contributed by atoms with Gasteiger partial charge in [-0.2, -0.15) is 34.8 Å². The summed E-state index contributed by atoms with van der Waals surface area (Å²) in [4.78, 5) is -1.66. The van der Waals surface area contributed by atoms with Crippen LogP contribution in [-0.2, 0) is 14.9 Å². The monoisotopic (exact) mass is 305 g/mol. The maximum absolute atomic E-state index is 11.9. The Hall–Kier alpha value is -0.590. The van der Waals surface area contributed by atoms with E-state index in [1.807, 2.05) is 0 Å². The van der Waals surface area contributed by atoms with Crippen LogP contribution in [0.3, 0.4) is 0 Å². The van der Waals surface area contributed by atoms with E-state index in [2.05, 4.69) is 4.74 Å². The van der Waals surface area contributed by atoms with Gasteiger partial charge in [-0.25, -0.2) is 0 Å². The average Bonchev–Trinajstić information content (AvgIpc) is 2.04. The van der Waals surface area contributed by atoms with Crippen molar-refractivity contribution < 1.29 is 44.0 Å². The van der Waals surface area contributed by atoms with Gasteiger partial charge in [0.15, 0.2) is 5.94 Å². The SMILES string of the molecule is O=S(=O)(O)COCCCN(C(F)(F)F)C(F)(F)F. The van der Waals surface area contributed by atoms with Crippen LogP contribution < -0.4 is 0 Å². The predicted octanol–water partition coefficient (Wildman–Crippen LogP) is 1.58. The van der Waals surface area contributed by atoms with Crippen LogP contribution in [0.4, 0.5) is 26.3 Å². The van der Waals surface area contributed by atoms with E-state index in [0.717, 1.165) is 0 Å². The van der Waals surface area contributed by atoms with E-state index in [0.29, 0.717) is 0 Å². The van der Waals surface area contributed by atoms with Crippen molar-refractivity contribution in [1.82, 2.24) is 4.90 Å². The Morgan fingerprint density at radius 1 is 1.06 bits per heavy atom. The van der Waals surface area contributed by atoms with Crippen LogP contribution in [0.15, 0.2) is 0 Å². The summed E-state index contributed by atoms with van der Waals surface area (Å²) in [6.07, 6.45) is -11.9. The average molecular weight is 305 g/mol. The molecule has 5 nitrogen and oxygen atoms in total. The molecule has 0 radical (unpaired) electrons. The lowest BCUT2D eigenvalue weighted by Gasteiger charge is -2.26. The topological polar surface area (TPSA) is 66.8 Å². The first-order valence-electron chi connectivity index (χ1n) is 4.28. The summed E-state index contributed by atoms with van der Waals surface area (Å²) in [5.41, 5.74) is 0. The Morgan fingerprint density at radius 3 is 1.83 bits per heavy atom. The van der Waals surface area contributed by atoms with Crippen LogP contribution in [0.2, 0.25) is 0 Å². The summed E-state index contributed by atoms with van der Waals surface area (Å²) in [5.74, 6) is -1.19. The minimum absolute atomic E-state index is 0.678. The smallest absolute Gasteiger partial charge is 0.363 e. The second-order valence-electron chi connectivity index (χ2n) is 3.05. The zero-order valence-electron chi connectivity index (χ0n) is 8.62. The number of hydrogen-bond donors (Lipinski definition) is 1. The van der Waals surface area contributed by atoms with E-state index < -0.39 is 53.1 Å². The molecule has 0 saturated heterocycles. The molecule has 0 heterocycles. The number of alkyl halides is 6. The Morgan fingerprint density at radius 2 is 1.50 bits per heavy atom. The van der Waals surface area contributed by atoms with Gasteiger partial charge < -0.3 is 4.74 Å². The Kier molecular flexibility index (Phi) is 5.84. The lowest BCUT2D eigenvalue weighted by atomic mass is 10.4. The lowest BCUT2D eigenvalue weighted by Crippen LogP contribution is -2.48. The molecule has 0 aromatic carbocycles. The molecule has 0 aliphatic heterocycles. The first kappa shape index (κ1) is 17.4. The first-order valence-corrected chi connectivity index (χ1v) is 5.89. The zero-order chi connectivity index (χ0) is 14.6. The van der Waals surface area contributed by atoms with Gasteiger partial charge in [0.05, 0.1) is 0 Å². The van der Waals surface area contributed by atoms with Gasteiger partial charge in [0.1, 0.15) is 0 Å². The fourth-order valence-corrected chi connectivity index (χ4v) is 1.21. The molecule has 0 aromatic heterocycles. The molecule has 0 amide bonds. The third-order valence-electron chi connectivity index (χ3n) is 1.51. The predicted molar refractivity (Wildman–Crippen MR) is 45.8 cm³/mol. The largest absolute Gasteiger partial charge is 0.467 e. The summed E-state index contributed by atoms with van der Waals surface area (Å²) in [6.45, 7) is -2.11. The highest BCUT2D eigenvalue weighted by atomic mass is 32.2. The van der Waals surface area contributed by atoms with Crippen molar-refractivity contribution in [3.05, 3.63) is 0 Å². The van der Waals surface area contributed by atoms with Crippen molar-refractivity contribution in [1.29, 1.82) is 0 Å². The normalized spacial score (nSPS) is 14.2. The summed E-state index contributed by atoms with van der Waals surface area (Å²) in [6, 6.07) is 0. The minimum Gasteiger partial charge on any atom is -0.363 e. The van der Waals surface area contributed by atoms with E-state index in [4.69, 9.17) is 4.55 Å². The van der Waals surface area contributed by atoms with E-state index in [1.54, 1.807) is 0 Å². The maximum Gasteiger partial charge on any atom is 0.467 e. The molecule has 110 valence electrons. The van der Waals surface area contributed by atoms with Gasteiger partial charge in [-0.05, 0) is 6.42 Å². The molecule has 0 aliphatic carbocycles. The quantitative estimate of drug-likeness (QED) is 0.349. The van der Waals surface area contributed by atoms with Crippen molar-refractivity contribution >= 4 is 10.1 Å². The zero-order valence-corrected chi connectivity index (χ0v) is 9.44. The highest BCUT2D eigenvalue weighted by molar-refractivity contribution is 7.85. The third-order valence-corrected chi connectivity index (χ3v) is 1.98. The van der Waals surface area contributed by atoms with Gasteiger partial charge in [0.2, 0.25) is 0 Å². The molecular weight excluding hydrogens is 296 g/mol. The fraction of sp³-hybridized carbons (Fsp3) is 1.00. The molecule has 0 fully saturated rings. The Bertz CT molecular complexity index is 336. The third kappa shape index (κ3) is 7.68. The fourth-order valence-electron chi connectivity index (χ4n) is 0.886. The second-order valence-corrected chi connectivity index (χ2v) is 4.45. The van der Waals surface area contributed by atoms with Gasteiger partial charge >= 0.3 is 12.6 Å². The number of halogens is 6. The van der Waals surface area contributed by atoms with Crippen LogP contribution in [0.1, 0.15) is 6.42 Å². The molecule has 0 atom stereocenters. The molecule has 0 saturated carbocycles. The minimum atomic E-state index is -5.58. The molecule has 12 heteroatoms. The van der Waals surface area contributed by atoms with Crippen molar-refractivity contribution in [2.24, 2.45) is 0 Å². The number of ether oxygens (including phenoxy) is 1. The summed E-state index contributed by atoms with van der Waals surface area (Å²) < 4.78 is 104. The molecule has 0 unspecified atom stereocenters. The van der Waals surface area contributed by atoms with Gasteiger partial charge in [-0.3, -0.25) is 4.55 Å². The Balaban J connectivity index is 4.16.